The molecular formula is C25H28N8OS. The van der Waals surface area contributed by atoms with Crippen LogP contribution >= 0.6 is 11.9 Å². The molecule has 1 N–H and O–H groups in total. The third kappa shape index (κ3) is 4.54. The molecular weight excluding hydrogens is 460 g/mol. The van der Waals surface area contributed by atoms with Crippen LogP contribution < -0.4 is 15.8 Å². The molecule has 35 heavy (non-hydrogen) atoms. The standard InChI is InChI=1S/C25H28N8OS/c1-4-11-32-24(34)20-17-27-25(29-23(20)33(32)22-7-5-6-10-26-22)28-19-8-9-21(18(2)16-19)30-12-14-31(35-3)15-13-30/h4-10,16-17H,1,11-15H2,2-3H3,(H,27,28,29). The van der Waals surface area contributed by atoms with Crippen LogP contribution in [0.15, 0.2) is 66.2 Å². The van der Waals surface area contributed by atoms with Crippen LogP contribution in [0.1, 0.15) is 5.56 Å². The van der Waals surface area contributed by atoms with Crippen LogP contribution in [0.25, 0.3) is 16.9 Å². The summed E-state index contributed by atoms with van der Waals surface area (Å²) in [6, 6.07) is 11.9. The molecule has 0 bridgehead atoms. The van der Waals surface area contributed by atoms with E-state index in [4.69, 9.17) is 4.98 Å². The maximum absolute atomic E-state index is 13.0. The summed E-state index contributed by atoms with van der Waals surface area (Å²) < 4.78 is 5.67. The van der Waals surface area contributed by atoms with E-state index in [2.05, 4.69) is 56.4 Å². The molecule has 0 saturated carbocycles. The van der Waals surface area contributed by atoms with Gasteiger partial charge in [0, 0.05) is 49.9 Å². The quantitative estimate of drug-likeness (QED) is 0.312. The number of piperazine rings is 1. The smallest absolute Gasteiger partial charge is 0.278 e. The van der Waals surface area contributed by atoms with Gasteiger partial charge < -0.3 is 10.2 Å². The van der Waals surface area contributed by atoms with Gasteiger partial charge in [0.05, 0.1) is 6.54 Å². The van der Waals surface area contributed by atoms with Crippen molar-refractivity contribution in [1.82, 2.24) is 28.6 Å². The summed E-state index contributed by atoms with van der Waals surface area (Å²) in [7, 11) is 0. The van der Waals surface area contributed by atoms with Gasteiger partial charge in [-0.25, -0.2) is 23.6 Å². The fraction of sp³-hybridized carbons (Fsp3) is 0.280. The molecule has 5 rings (SSSR count). The molecule has 180 valence electrons. The number of benzene rings is 1. The van der Waals surface area contributed by atoms with Gasteiger partial charge in [0.2, 0.25) is 5.95 Å². The van der Waals surface area contributed by atoms with Crippen molar-refractivity contribution >= 4 is 40.3 Å². The van der Waals surface area contributed by atoms with Gasteiger partial charge in [-0.1, -0.05) is 24.1 Å². The first-order chi connectivity index (χ1) is 17.1. The topological polar surface area (TPSA) is 84.1 Å². The summed E-state index contributed by atoms with van der Waals surface area (Å²) in [5.74, 6) is 1.02. The van der Waals surface area contributed by atoms with Gasteiger partial charge in [0.25, 0.3) is 5.56 Å². The van der Waals surface area contributed by atoms with Crippen molar-refractivity contribution in [3.8, 4) is 5.82 Å². The summed E-state index contributed by atoms with van der Waals surface area (Å²) in [4.78, 5) is 29.0. The molecule has 4 heterocycles. The average molecular weight is 489 g/mol. The number of aromatic nitrogens is 5. The minimum Gasteiger partial charge on any atom is -0.369 e. The summed E-state index contributed by atoms with van der Waals surface area (Å²) in [6.45, 7) is 10.4. The highest BCUT2D eigenvalue weighted by Crippen LogP contribution is 2.27. The molecule has 3 aromatic heterocycles. The van der Waals surface area contributed by atoms with Crippen LogP contribution in [-0.4, -0.2) is 61.1 Å². The second kappa shape index (κ2) is 9.93. The Bertz CT molecular complexity index is 1410. The zero-order chi connectivity index (χ0) is 24.4. The molecule has 9 nitrogen and oxygen atoms in total. The van der Waals surface area contributed by atoms with Crippen molar-refractivity contribution in [2.75, 3.05) is 42.7 Å². The van der Waals surface area contributed by atoms with Crippen LogP contribution in [0.4, 0.5) is 17.3 Å². The SMILES string of the molecule is C=CCn1c(=O)c2cnc(Nc3ccc(N4CCN(SC)CC4)c(C)c3)nc2n1-c1ccccn1. The second-order valence-electron chi connectivity index (χ2n) is 8.33. The molecule has 0 aliphatic carbocycles. The summed E-state index contributed by atoms with van der Waals surface area (Å²) >= 11 is 1.81. The number of allylic oxidation sites excluding steroid dienone is 1. The fourth-order valence-electron chi connectivity index (χ4n) is 4.42. The van der Waals surface area contributed by atoms with Crippen LogP contribution in [-0.2, 0) is 6.54 Å². The number of fused-ring (bicyclic) bond motifs is 1. The van der Waals surface area contributed by atoms with Crippen molar-refractivity contribution in [1.29, 1.82) is 0 Å². The number of nitrogens with zero attached hydrogens (tertiary/aromatic N) is 7. The zero-order valence-corrected chi connectivity index (χ0v) is 20.7. The van der Waals surface area contributed by atoms with E-state index in [9.17, 15) is 4.79 Å². The minimum atomic E-state index is -0.182. The summed E-state index contributed by atoms with van der Waals surface area (Å²) in [6.07, 6.45) is 7.07. The molecule has 10 heteroatoms. The average Bonchev–Trinajstić information content (AvgIpc) is 3.16. The first kappa shape index (κ1) is 23.1. The van der Waals surface area contributed by atoms with E-state index in [0.29, 0.717) is 29.3 Å². The Hall–Kier alpha value is -3.63. The fourth-order valence-corrected chi connectivity index (χ4v) is 4.94. The molecule has 0 spiro atoms. The molecule has 4 aromatic rings. The lowest BCUT2D eigenvalue weighted by atomic mass is 10.1. The number of aryl methyl sites for hydroxylation is 1. The summed E-state index contributed by atoms with van der Waals surface area (Å²) in [5.41, 5.74) is 3.65. The van der Waals surface area contributed by atoms with Crippen LogP contribution in [0.2, 0.25) is 0 Å². The van der Waals surface area contributed by atoms with Crippen molar-refractivity contribution < 1.29 is 0 Å². The zero-order valence-electron chi connectivity index (χ0n) is 19.9. The van der Waals surface area contributed by atoms with E-state index < -0.39 is 0 Å². The Balaban J connectivity index is 1.46. The maximum atomic E-state index is 13.0. The predicted molar refractivity (Wildman–Crippen MR) is 143 cm³/mol. The Labute approximate surface area is 208 Å². The number of hydrogen-bond acceptors (Lipinski definition) is 8. The lowest BCUT2D eigenvalue weighted by Gasteiger charge is -2.35. The van der Waals surface area contributed by atoms with E-state index in [1.54, 1.807) is 27.8 Å². The number of hydrogen-bond donors (Lipinski definition) is 1. The normalized spacial score (nSPS) is 14.4. The Morgan fingerprint density at radius 2 is 1.97 bits per heavy atom. The number of nitrogens with one attached hydrogen (secondary N) is 1. The monoisotopic (exact) mass is 488 g/mol. The lowest BCUT2D eigenvalue weighted by Crippen LogP contribution is -2.43. The van der Waals surface area contributed by atoms with E-state index in [-0.39, 0.29) is 5.56 Å². The van der Waals surface area contributed by atoms with Gasteiger partial charge in [-0.05, 0) is 49.1 Å². The van der Waals surface area contributed by atoms with E-state index in [1.165, 1.54) is 11.3 Å². The highest BCUT2D eigenvalue weighted by atomic mass is 32.2. The number of anilines is 3. The van der Waals surface area contributed by atoms with Gasteiger partial charge in [-0.15, -0.1) is 6.58 Å². The van der Waals surface area contributed by atoms with Gasteiger partial charge >= 0.3 is 0 Å². The van der Waals surface area contributed by atoms with Crippen LogP contribution in [0.5, 0.6) is 0 Å². The van der Waals surface area contributed by atoms with Gasteiger partial charge in [-0.2, -0.15) is 4.98 Å². The van der Waals surface area contributed by atoms with Crippen molar-refractivity contribution in [2.45, 2.75) is 13.5 Å². The van der Waals surface area contributed by atoms with E-state index in [1.807, 2.05) is 36.2 Å². The highest BCUT2D eigenvalue weighted by molar-refractivity contribution is 7.96. The minimum absolute atomic E-state index is 0.182. The molecule has 0 atom stereocenters. The predicted octanol–water partition coefficient (Wildman–Crippen LogP) is 3.62. The third-order valence-corrected chi connectivity index (χ3v) is 7.02. The molecule has 1 aliphatic rings. The second-order valence-corrected chi connectivity index (χ2v) is 9.21. The lowest BCUT2D eigenvalue weighted by molar-refractivity contribution is 0.430. The van der Waals surface area contributed by atoms with Crippen molar-refractivity contribution in [3.63, 3.8) is 0 Å². The molecule has 0 radical (unpaired) electrons. The molecule has 0 amide bonds. The number of pyridine rings is 1. The molecule has 0 unspecified atom stereocenters. The maximum Gasteiger partial charge on any atom is 0.278 e. The van der Waals surface area contributed by atoms with Crippen molar-refractivity contribution in [2.24, 2.45) is 0 Å². The van der Waals surface area contributed by atoms with E-state index >= 15 is 0 Å². The van der Waals surface area contributed by atoms with Crippen molar-refractivity contribution in [3.05, 3.63) is 77.4 Å². The van der Waals surface area contributed by atoms with Gasteiger partial charge in [0.1, 0.15) is 5.39 Å². The first-order valence-electron chi connectivity index (χ1n) is 11.5. The Morgan fingerprint density at radius 1 is 1.14 bits per heavy atom. The van der Waals surface area contributed by atoms with Crippen LogP contribution in [0, 0.1) is 6.92 Å². The number of rotatable bonds is 7. The molecule has 1 fully saturated rings. The van der Waals surface area contributed by atoms with Gasteiger partial charge in [0.15, 0.2) is 11.5 Å². The molecule has 1 aromatic carbocycles. The molecule has 1 aliphatic heterocycles. The third-order valence-electron chi connectivity index (χ3n) is 6.13. The first-order valence-corrected chi connectivity index (χ1v) is 12.7. The van der Waals surface area contributed by atoms with Crippen LogP contribution in [0.3, 0.4) is 0 Å². The Kier molecular flexibility index (Phi) is 6.56. The Morgan fingerprint density at radius 3 is 2.66 bits per heavy atom. The largest absolute Gasteiger partial charge is 0.369 e. The van der Waals surface area contributed by atoms with Gasteiger partial charge in [-0.3, -0.25) is 4.79 Å². The van der Waals surface area contributed by atoms with E-state index in [0.717, 1.165) is 31.9 Å². The molecule has 1 saturated heterocycles. The summed E-state index contributed by atoms with van der Waals surface area (Å²) in [5, 5.41) is 3.73. The highest BCUT2D eigenvalue weighted by Gasteiger charge is 2.19.